The van der Waals surface area contributed by atoms with Crippen molar-refractivity contribution in [2.45, 2.75) is 13.1 Å². The molecule has 1 aromatic carbocycles. The van der Waals surface area contributed by atoms with Crippen molar-refractivity contribution >= 4 is 44.9 Å². The normalized spacial score (nSPS) is 12.0. The van der Waals surface area contributed by atoms with E-state index in [-0.39, 0.29) is 26.0 Å². The molecule has 0 bridgehead atoms. The van der Waals surface area contributed by atoms with Gasteiger partial charge in [-0.2, -0.15) is 13.2 Å². The van der Waals surface area contributed by atoms with Gasteiger partial charge >= 0.3 is 6.18 Å². The van der Waals surface area contributed by atoms with Gasteiger partial charge in [0.2, 0.25) is 11.2 Å². The summed E-state index contributed by atoms with van der Waals surface area (Å²) in [6.07, 6.45) is -4.87. The highest BCUT2D eigenvalue weighted by Crippen LogP contribution is 2.39. The van der Waals surface area contributed by atoms with Gasteiger partial charge in [0, 0.05) is 5.38 Å². The zero-order valence-corrected chi connectivity index (χ0v) is 14.3. The summed E-state index contributed by atoms with van der Waals surface area (Å²) < 4.78 is 45.1. The second kappa shape index (κ2) is 5.48. The van der Waals surface area contributed by atoms with Gasteiger partial charge in [-0.05, 0) is 41.6 Å². The van der Waals surface area contributed by atoms with Crippen molar-refractivity contribution in [3.8, 4) is 17.0 Å². The highest BCUT2D eigenvalue weighted by atomic mass is 127. The van der Waals surface area contributed by atoms with E-state index in [1.807, 2.05) is 0 Å². The number of fused-ring (bicyclic) bond motifs is 1. The molecule has 2 aromatic heterocycles. The first-order valence-electron chi connectivity index (χ1n) is 6.18. The van der Waals surface area contributed by atoms with Crippen LogP contribution in [0.3, 0.4) is 0 Å². The molecule has 9 heteroatoms. The van der Waals surface area contributed by atoms with Gasteiger partial charge in [-0.3, -0.25) is 4.79 Å². The van der Waals surface area contributed by atoms with E-state index in [0.717, 1.165) is 11.3 Å². The average molecular weight is 453 g/mol. The fraction of sp³-hybridized carbons (Fsp3) is 0.143. The first-order valence-corrected chi connectivity index (χ1v) is 8.14. The smallest absolute Gasteiger partial charge is 0.450 e. The van der Waals surface area contributed by atoms with Crippen LogP contribution in [-0.2, 0) is 6.18 Å². The molecule has 0 aliphatic carbocycles. The Hall–Kier alpha value is -1.62. The Morgan fingerprint density at radius 3 is 2.61 bits per heavy atom. The maximum absolute atomic E-state index is 13.4. The topological polar surface area (TPSA) is 63.3 Å². The Balaban J connectivity index is 2.50. The van der Waals surface area contributed by atoms with Gasteiger partial charge in [-0.25, -0.2) is 4.98 Å². The van der Waals surface area contributed by atoms with E-state index in [1.165, 1.54) is 17.5 Å². The summed E-state index contributed by atoms with van der Waals surface area (Å²) in [6, 6.07) is 2.48. The lowest BCUT2D eigenvalue weighted by molar-refractivity contribution is -0.152. The van der Waals surface area contributed by atoms with Gasteiger partial charge < -0.3 is 9.52 Å². The minimum Gasteiger partial charge on any atom is -0.507 e. The summed E-state index contributed by atoms with van der Waals surface area (Å²) in [6.45, 7) is 1.63. The van der Waals surface area contributed by atoms with Crippen LogP contribution in [0.25, 0.3) is 22.2 Å². The lowest BCUT2D eigenvalue weighted by Gasteiger charge is -2.12. The summed E-state index contributed by atoms with van der Waals surface area (Å²) in [5.41, 5.74) is -1.81. The first-order chi connectivity index (χ1) is 10.7. The van der Waals surface area contributed by atoms with Crippen molar-refractivity contribution in [2.75, 3.05) is 0 Å². The molecule has 4 nitrogen and oxygen atoms in total. The third kappa shape index (κ3) is 2.71. The van der Waals surface area contributed by atoms with Gasteiger partial charge in [0.25, 0.3) is 0 Å². The largest absolute Gasteiger partial charge is 0.507 e. The number of thiazole rings is 1. The quantitative estimate of drug-likeness (QED) is 0.550. The van der Waals surface area contributed by atoms with Gasteiger partial charge in [0.05, 0.1) is 25.2 Å². The van der Waals surface area contributed by atoms with E-state index in [4.69, 9.17) is 4.42 Å². The molecule has 0 saturated heterocycles. The molecule has 2 heterocycles. The van der Waals surface area contributed by atoms with Crippen LogP contribution in [0.4, 0.5) is 13.2 Å². The summed E-state index contributed by atoms with van der Waals surface area (Å²) in [7, 11) is 0. The number of aromatic nitrogens is 1. The molecule has 3 aromatic rings. The van der Waals surface area contributed by atoms with Crippen LogP contribution in [0.1, 0.15) is 10.8 Å². The van der Waals surface area contributed by atoms with E-state index < -0.39 is 22.9 Å². The van der Waals surface area contributed by atoms with Crippen molar-refractivity contribution in [2.24, 2.45) is 0 Å². The van der Waals surface area contributed by atoms with Gasteiger partial charge in [-0.1, -0.05) is 0 Å². The van der Waals surface area contributed by atoms with E-state index >= 15 is 0 Å². The second-order valence-corrected chi connectivity index (χ2v) is 6.80. The molecule has 0 atom stereocenters. The Kier molecular flexibility index (Phi) is 3.87. The molecule has 1 N–H and O–H groups in total. The number of benzene rings is 1. The standard InChI is InChI=1S/C14H7F3INO3S/c1-5-19-7(4-23-5)9-11(21)6-2-3-8(20)10(18)12(6)22-13(9)14(15,16)17/h2-4,20H,1H3. The molecule has 0 radical (unpaired) electrons. The molecule has 0 saturated carbocycles. The number of rotatable bonds is 1. The zero-order valence-electron chi connectivity index (χ0n) is 11.4. The third-order valence-corrected chi connectivity index (χ3v) is 4.93. The Labute approximate surface area is 144 Å². The van der Waals surface area contributed by atoms with Crippen LogP contribution in [0, 0.1) is 10.5 Å². The molecule has 120 valence electrons. The summed E-state index contributed by atoms with van der Waals surface area (Å²) in [4.78, 5) is 16.6. The van der Waals surface area contributed by atoms with Gasteiger partial charge in [0.15, 0.2) is 5.58 Å². The van der Waals surface area contributed by atoms with Crippen LogP contribution in [-0.4, -0.2) is 10.1 Å². The van der Waals surface area contributed by atoms with E-state index in [1.54, 1.807) is 29.5 Å². The number of alkyl halides is 3. The van der Waals surface area contributed by atoms with Crippen LogP contribution < -0.4 is 5.43 Å². The fourth-order valence-corrected chi connectivity index (χ4v) is 3.31. The number of aryl methyl sites for hydroxylation is 1. The molecular weight excluding hydrogens is 446 g/mol. The molecule has 0 spiro atoms. The minimum absolute atomic E-state index is 0.0409. The highest BCUT2D eigenvalue weighted by molar-refractivity contribution is 14.1. The maximum atomic E-state index is 13.4. The number of hydrogen-bond acceptors (Lipinski definition) is 5. The molecule has 0 aliphatic rings. The third-order valence-electron chi connectivity index (χ3n) is 3.11. The molecule has 3 rings (SSSR count). The first kappa shape index (κ1) is 16.2. The number of phenolic OH excluding ortho intramolecular Hbond substituents is 1. The highest BCUT2D eigenvalue weighted by Gasteiger charge is 2.40. The van der Waals surface area contributed by atoms with Crippen molar-refractivity contribution in [3.63, 3.8) is 0 Å². The Morgan fingerprint density at radius 2 is 2.04 bits per heavy atom. The van der Waals surface area contributed by atoms with Crippen molar-refractivity contribution < 1.29 is 22.7 Å². The molecular formula is C14H7F3INO3S. The number of nitrogens with zero attached hydrogens (tertiary/aromatic N) is 1. The lowest BCUT2D eigenvalue weighted by Crippen LogP contribution is -2.16. The number of halogens is 4. The van der Waals surface area contributed by atoms with E-state index in [9.17, 15) is 23.1 Å². The summed E-state index contributed by atoms with van der Waals surface area (Å²) >= 11 is 2.77. The minimum atomic E-state index is -4.87. The van der Waals surface area contributed by atoms with Crippen molar-refractivity contribution in [1.82, 2.24) is 4.98 Å². The lowest BCUT2D eigenvalue weighted by atomic mass is 10.1. The summed E-state index contributed by atoms with van der Waals surface area (Å²) in [5, 5.41) is 11.5. The number of hydrogen-bond donors (Lipinski definition) is 1. The van der Waals surface area contributed by atoms with Gasteiger partial charge in [0.1, 0.15) is 5.75 Å². The van der Waals surface area contributed by atoms with Crippen molar-refractivity contribution in [1.29, 1.82) is 0 Å². The maximum Gasteiger partial charge on any atom is 0.450 e. The van der Waals surface area contributed by atoms with E-state index in [0.29, 0.717) is 5.01 Å². The molecule has 23 heavy (non-hydrogen) atoms. The monoisotopic (exact) mass is 453 g/mol. The zero-order chi connectivity index (χ0) is 16.9. The SMILES string of the molecule is Cc1nc(-c2c(C(F)(F)F)oc3c(I)c(O)ccc3c2=O)cs1. The fourth-order valence-electron chi connectivity index (χ4n) is 2.13. The molecule has 0 unspecified atom stereocenters. The summed E-state index contributed by atoms with van der Waals surface area (Å²) in [5.74, 6) is -1.67. The molecule has 0 aliphatic heterocycles. The van der Waals surface area contributed by atoms with Crippen molar-refractivity contribution in [3.05, 3.63) is 42.1 Å². The Morgan fingerprint density at radius 1 is 1.35 bits per heavy atom. The number of phenols is 1. The average Bonchev–Trinajstić information content (AvgIpc) is 2.88. The molecule has 0 amide bonds. The predicted octanol–water partition coefficient (Wildman–Crippen LogP) is 4.55. The van der Waals surface area contributed by atoms with Crippen LogP contribution in [0.5, 0.6) is 5.75 Å². The predicted molar refractivity (Wildman–Crippen MR) is 87.7 cm³/mol. The van der Waals surface area contributed by atoms with Crippen LogP contribution in [0.15, 0.2) is 26.7 Å². The second-order valence-electron chi connectivity index (χ2n) is 4.66. The Bertz CT molecular complexity index is 978. The van der Waals surface area contributed by atoms with E-state index in [2.05, 4.69) is 4.98 Å². The van der Waals surface area contributed by atoms with Crippen LogP contribution >= 0.6 is 33.9 Å². The molecule has 0 fully saturated rings. The van der Waals surface area contributed by atoms with Crippen LogP contribution in [0.2, 0.25) is 0 Å². The van der Waals surface area contributed by atoms with Gasteiger partial charge in [-0.15, -0.1) is 11.3 Å². The number of aromatic hydroxyl groups is 1.